The number of urea groups is 1. The average molecular weight is 345 g/mol. The molecule has 3 amide bonds. The van der Waals surface area contributed by atoms with Gasteiger partial charge in [-0.15, -0.1) is 11.3 Å². The molecule has 0 saturated carbocycles. The second-order valence-corrected chi connectivity index (χ2v) is 6.96. The Kier molecular flexibility index (Phi) is 6.11. The topological polar surface area (TPSA) is 61.4 Å². The number of amides is 3. The maximum Gasteiger partial charge on any atom is 0.325 e. The smallest absolute Gasteiger partial charge is 0.307 e. The van der Waals surface area contributed by atoms with Crippen LogP contribution in [0.5, 0.6) is 0 Å². The van der Waals surface area contributed by atoms with E-state index < -0.39 is 12.1 Å². The SMILES string of the molecule is Cc1ccc(NC(=O)NC(=O)[C@H](C)N(C)Cc2cccs2)c(C)c1. The van der Waals surface area contributed by atoms with E-state index in [0.29, 0.717) is 12.2 Å². The fourth-order valence-corrected chi connectivity index (χ4v) is 3.08. The quantitative estimate of drug-likeness (QED) is 0.871. The zero-order valence-electron chi connectivity index (χ0n) is 14.4. The van der Waals surface area contributed by atoms with Crippen LogP contribution in [-0.2, 0) is 11.3 Å². The number of likely N-dealkylation sites (N-methyl/N-ethyl adjacent to an activating group) is 1. The van der Waals surface area contributed by atoms with Crippen LogP contribution in [0.15, 0.2) is 35.7 Å². The summed E-state index contributed by atoms with van der Waals surface area (Å²) < 4.78 is 0. The molecule has 2 N–H and O–H groups in total. The molecule has 0 fully saturated rings. The van der Waals surface area contributed by atoms with E-state index >= 15 is 0 Å². The molecule has 0 saturated heterocycles. The second-order valence-electron chi connectivity index (χ2n) is 5.93. The monoisotopic (exact) mass is 345 g/mol. The van der Waals surface area contributed by atoms with Gasteiger partial charge in [0.15, 0.2) is 0 Å². The molecular weight excluding hydrogens is 322 g/mol. The minimum Gasteiger partial charge on any atom is -0.307 e. The summed E-state index contributed by atoms with van der Waals surface area (Å²) in [4.78, 5) is 27.4. The lowest BCUT2D eigenvalue weighted by Crippen LogP contribution is -2.46. The summed E-state index contributed by atoms with van der Waals surface area (Å²) in [6, 6.07) is 8.83. The predicted molar refractivity (Wildman–Crippen MR) is 98.3 cm³/mol. The van der Waals surface area contributed by atoms with E-state index in [-0.39, 0.29) is 5.91 Å². The number of thiophene rings is 1. The van der Waals surface area contributed by atoms with Gasteiger partial charge >= 0.3 is 6.03 Å². The molecule has 1 aromatic carbocycles. The largest absolute Gasteiger partial charge is 0.325 e. The van der Waals surface area contributed by atoms with Crippen molar-refractivity contribution in [1.82, 2.24) is 10.2 Å². The molecule has 24 heavy (non-hydrogen) atoms. The summed E-state index contributed by atoms with van der Waals surface area (Å²) >= 11 is 1.65. The first-order valence-corrected chi connectivity index (χ1v) is 8.66. The molecule has 0 unspecified atom stereocenters. The van der Waals surface area contributed by atoms with Crippen molar-refractivity contribution in [2.24, 2.45) is 0 Å². The van der Waals surface area contributed by atoms with Crippen LogP contribution in [-0.4, -0.2) is 29.9 Å². The van der Waals surface area contributed by atoms with Crippen molar-refractivity contribution in [2.75, 3.05) is 12.4 Å². The Labute approximate surface area is 146 Å². The number of nitrogens with one attached hydrogen (secondary N) is 2. The van der Waals surface area contributed by atoms with Crippen LogP contribution in [0.3, 0.4) is 0 Å². The Morgan fingerprint density at radius 1 is 1.25 bits per heavy atom. The number of hydrogen-bond acceptors (Lipinski definition) is 4. The Morgan fingerprint density at radius 3 is 2.62 bits per heavy atom. The molecule has 2 aromatic rings. The molecular formula is C18H23N3O2S. The zero-order valence-corrected chi connectivity index (χ0v) is 15.2. The van der Waals surface area contributed by atoms with Gasteiger partial charge in [-0.1, -0.05) is 23.8 Å². The van der Waals surface area contributed by atoms with Gasteiger partial charge in [-0.25, -0.2) is 4.79 Å². The van der Waals surface area contributed by atoms with Gasteiger partial charge in [-0.2, -0.15) is 0 Å². The van der Waals surface area contributed by atoms with Crippen molar-refractivity contribution in [3.8, 4) is 0 Å². The van der Waals surface area contributed by atoms with Crippen LogP contribution < -0.4 is 10.6 Å². The summed E-state index contributed by atoms with van der Waals surface area (Å²) in [6.07, 6.45) is 0. The normalized spacial score (nSPS) is 12.0. The first-order chi connectivity index (χ1) is 11.4. The molecule has 0 aliphatic carbocycles. The van der Waals surface area contributed by atoms with E-state index in [1.165, 1.54) is 4.88 Å². The van der Waals surface area contributed by atoms with Gasteiger partial charge in [0, 0.05) is 17.1 Å². The highest BCUT2D eigenvalue weighted by Crippen LogP contribution is 2.16. The number of imide groups is 1. The van der Waals surface area contributed by atoms with Gasteiger partial charge in [0.25, 0.3) is 0 Å². The van der Waals surface area contributed by atoms with Crippen molar-refractivity contribution in [3.05, 3.63) is 51.7 Å². The zero-order chi connectivity index (χ0) is 17.7. The van der Waals surface area contributed by atoms with E-state index in [2.05, 4.69) is 10.6 Å². The lowest BCUT2D eigenvalue weighted by molar-refractivity contribution is -0.124. The molecule has 1 aromatic heterocycles. The van der Waals surface area contributed by atoms with Gasteiger partial charge in [0.2, 0.25) is 5.91 Å². The van der Waals surface area contributed by atoms with Gasteiger partial charge in [-0.05, 0) is 50.9 Å². The maximum absolute atomic E-state index is 12.2. The molecule has 1 heterocycles. The summed E-state index contributed by atoms with van der Waals surface area (Å²) in [5.74, 6) is -0.323. The molecule has 2 rings (SSSR count). The summed E-state index contributed by atoms with van der Waals surface area (Å²) in [7, 11) is 1.87. The van der Waals surface area contributed by atoms with E-state index in [9.17, 15) is 9.59 Å². The minimum atomic E-state index is -0.511. The number of hydrogen-bond donors (Lipinski definition) is 2. The van der Waals surface area contributed by atoms with Crippen molar-refractivity contribution < 1.29 is 9.59 Å². The van der Waals surface area contributed by atoms with E-state index in [1.54, 1.807) is 18.3 Å². The molecule has 1 atom stereocenters. The number of nitrogens with zero attached hydrogens (tertiary/aromatic N) is 1. The third-order valence-electron chi connectivity index (χ3n) is 3.89. The summed E-state index contributed by atoms with van der Waals surface area (Å²) in [5.41, 5.74) is 2.78. The number of benzene rings is 1. The Bertz CT molecular complexity index is 713. The standard InChI is InChI=1S/C18H23N3O2S/c1-12-7-8-16(13(2)10-12)19-18(23)20-17(22)14(3)21(4)11-15-6-5-9-24-15/h5-10,14H,11H2,1-4H3,(H2,19,20,22,23)/t14-/m0/s1. The third kappa shape index (κ3) is 4.91. The lowest BCUT2D eigenvalue weighted by atomic mass is 10.1. The third-order valence-corrected chi connectivity index (χ3v) is 4.75. The van der Waals surface area contributed by atoms with Gasteiger partial charge in [0.05, 0.1) is 6.04 Å². The highest BCUT2D eigenvalue weighted by molar-refractivity contribution is 7.09. The van der Waals surface area contributed by atoms with E-state index in [4.69, 9.17) is 0 Å². The first-order valence-electron chi connectivity index (χ1n) is 7.78. The van der Waals surface area contributed by atoms with E-state index in [0.717, 1.165) is 11.1 Å². The highest BCUT2D eigenvalue weighted by atomic mass is 32.1. The highest BCUT2D eigenvalue weighted by Gasteiger charge is 2.20. The van der Waals surface area contributed by atoms with Crippen LogP contribution in [0.2, 0.25) is 0 Å². The Hall–Kier alpha value is -2.18. The van der Waals surface area contributed by atoms with Crippen molar-refractivity contribution in [1.29, 1.82) is 0 Å². The summed E-state index contributed by atoms with van der Waals surface area (Å²) in [5, 5.41) is 7.13. The number of carbonyl (C=O) groups excluding carboxylic acids is 2. The molecule has 0 aliphatic heterocycles. The number of rotatable bonds is 5. The van der Waals surface area contributed by atoms with Crippen molar-refractivity contribution >= 4 is 29.0 Å². The maximum atomic E-state index is 12.2. The van der Waals surface area contributed by atoms with Crippen LogP contribution in [0, 0.1) is 13.8 Å². The van der Waals surface area contributed by atoms with Gasteiger partial charge < -0.3 is 5.32 Å². The van der Waals surface area contributed by atoms with Crippen molar-refractivity contribution in [2.45, 2.75) is 33.4 Å². The lowest BCUT2D eigenvalue weighted by Gasteiger charge is -2.23. The molecule has 0 bridgehead atoms. The van der Waals surface area contributed by atoms with Gasteiger partial charge in [-0.3, -0.25) is 15.0 Å². The minimum absolute atomic E-state index is 0.323. The van der Waals surface area contributed by atoms with E-state index in [1.807, 2.05) is 61.5 Å². The number of carbonyl (C=O) groups is 2. The van der Waals surface area contributed by atoms with Gasteiger partial charge in [0.1, 0.15) is 0 Å². The fourth-order valence-electron chi connectivity index (χ4n) is 2.31. The fraction of sp³-hybridized carbons (Fsp3) is 0.333. The number of anilines is 1. The van der Waals surface area contributed by atoms with Crippen molar-refractivity contribution in [3.63, 3.8) is 0 Å². The molecule has 128 valence electrons. The van der Waals surface area contributed by atoms with Crippen LogP contribution in [0.1, 0.15) is 22.9 Å². The summed E-state index contributed by atoms with van der Waals surface area (Å²) in [6.45, 7) is 6.37. The first kappa shape index (κ1) is 18.2. The molecule has 0 aliphatic rings. The predicted octanol–water partition coefficient (Wildman–Crippen LogP) is 3.53. The molecule has 5 nitrogen and oxygen atoms in total. The average Bonchev–Trinajstić information content (AvgIpc) is 3.02. The Morgan fingerprint density at radius 2 is 2.00 bits per heavy atom. The van der Waals surface area contributed by atoms with Crippen LogP contribution >= 0.6 is 11.3 Å². The molecule has 0 radical (unpaired) electrons. The van der Waals surface area contributed by atoms with Crippen LogP contribution in [0.25, 0.3) is 0 Å². The number of aryl methyl sites for hydroxylation is 2. The second kappa shape index (κ2) is 8.08. The molecule has 6 heteroatoms. The van der Waals surface area contributed by atoms with Crippen LogP contribution in [0.4, 0.5) is 10.5 Å². The Balaban J connectivity index is 1.89. The molecule has 0 spiro atoms.